The molecule has 1 unspecified atom stereocenters. The topological polar surface area (TPSA) is 32.3 Å². The molecule has 0 bridgehead atoms. The molecule has 0 saturated carbocycles. The van der Waals surface area contributed by atoms with Gasteiger partial charge in [-0.15, -0.1) is 0 Å². The van der Waals surface area contributed by atoms with E-state index in [9.17, 15) is 4.79 Å². The number of hydrogen-bond acceptors (Lipinski definition) is 2. The lowest BCUT2D eigenvalue weighted by Crippen LogP contribution is -2.26. The average molecular weight is 252 g/mol. The molecule has 2 aromatic carbocycles. The minimum Gasteiger partial charge on any atom is -0.376 e. The molecular weight excluding hydrogens is 236 g/mol. The number of anilines is 2. The van der Waals surface area contributed by atoms with Gasteiger partial charge in [0.05, 0.1) is 23.8 Å². The summed E-state index contributed by atoms with van der Waals surface area (Å²) in [7, 11) is 1.83. The van der Waals surface area contributed by atoms with Gasteiger partial charge in [-0.25, -0.2) is 0 Å². The number of amides is 1. The fraction of sp³-hybridized carbons (Fsp3) is 0.188. The van der Waals surface area contributed by atoms with Crippen molar-refractivity contribution in [2.45, 2.75) is 12.5 Å². The zero-order valence-electron chi connectivity index (χ0n) is 10.8. The Kier molecular flexibility index (Phi) is 2.95. The van der Waals surface area contributed by atoms with Crippen LogP contribution in [-0.4, -0.2) is 13.0 Å². The van der Waals surface area contributed by atoms with Crippen molar-refractivity contribution in [1.29, 1.82) is 0 Å². The van der Waals surface area contributed by atoms with Gasteiger partial charge >= 0.3 is 0 Å². The summed E-state index contributed by atoms with van der Waals surface area (Å²) < 4.78 is 0. The van der Waals surface area contributed by atoms with Crippen LogP contribution in [0.25, 0.3) is 0 Å². The van der Waals surface area contributed by atoms with Gasteiger partial charge in [0.15, 0.2) is 0 Å². The van der Waals surface area contributed by atoms with Gasteiger partial charge in [0.25, 0.3) is 0 Å². The van der Waals surface area contributed by atoms with Crippen LogP contribution in [0.2, 0.25) is 0 Å². The highest BCUT2D eigenvalue weighted by Crippen LogP contribution is 2.34. The van der Waals surface area contributed by atoms with Crippen LogP contribution < -0.4 is 10.2 Å². The van der Waals surface area contributed by atoms with E-state index in [1.807, 2.05) is 49.5 Å². The molecule has 0 saturated heterocycles. The summed E-state index contributed by atoms with van der Waals surface area (Å²) in [6.45, 7) is 0. The summed E-state index contributed by atoms with van der Waals surface area (Å²) in [4.78, 5) is 14.0. The van der Waals surface area contributed by atoms with E-state index in [2.05, 4.69) is 17.4 Å². The van der Waals surface area contributed by atoms with Crippen molar-refractivity contribution in [1.82, 2.24) is 0 Å². The Labute approximate surface area is 112 Å². The molecule has 1 N–H and O–H groups in total. The first-order chi connectivity index (χ1) is 9.25. The number of benzene rings is 2. The van der Waals surface area contributed by atoms with Crippen LogP contribution in [0.5, 0.6) is 0 Å². The summed E-state index contributed by atoms with van der Waals surface area (Å²) >= 11 is 0. The maximum atomic E-state index is 12.2. The standard InChI is InChI=1S/C16H16N2O/c1-18-15-10-6-5-9-13(15)17-14(11-16(18)19)12-7-3-2-4-8-12/h2-10,14,17H,11H2,1H3. The predicted octanol–water partition coefficient (Wildman–Crippen LogP) is 3.21. The van der Waals surface area contributed by atoms with E-state index in [0.29, 0.717) is 6.42 Å². The van der Waals surface area contributed by atoms with Crippen molar-refractivity contribution < 1.29 is 4.79 Å². The number of nitrogens with one attached hydrogen (secondary N) is 1. The Morgan fingerprint density at radius 3 is 2.53 bits per heavy atom. The van der Waals surface area contributed by atoms with Crippen molar-refractivity contribution in [3.05, 3.63) is 60.2 Å². The predicted molar refractivity (Wildman–Crippen MR) is 77.3 cm³/mol. The Morgan fingerprint density at radius 2 is 1.74 bits per heavy atom. The summed E-state index contributed by atoms with van der Waals surface area (Å²) in [5.74, 6) is 0.131. The van der Waals surface area contributed by atoms with Gasteiger partial charge < -0.3 is 10.2 Å². The molecule has 3 nitrogen and oxygen atoms in total. The van der Waals surface area contributed by atoms with E-state index in [1.165, 1.54) is 0 Å². The molecule has 96 valence electrons. The molecule has 3 rings (SSSR count). The summed E-state index contributed by atoms with van der Waals surface area (Å²) in [6.07, 6.45) is 0.467. The number of fused-ring (bicyclic) bond motifs is 1. The summed E-state index contributed by atoms with van der Waals surface area (Å²) in [6, 6.07) is 18.0. The molecule has 1 aliphatic rings. The third-order valence-corrected chi connectivity index (χ3v) is 3.55. The number of hydrogen-bond donors (Lipinski definition) is 1. The highest BCUT2D eigenvalue weighted by atomic mass is 16.2. The zero-order valence-corrected chi connectivity index (χ0v) is 10.8. The van der Waals surface area contributed by atoms with Gasteiger partial charge in [0.1, 0.15) is 0 Å². The van der Waals surface area contributed by atoms with Crippen molar-refractivity contribution in [2.75, 3.05) is 17.3 Å². The van der Waals surface area contributed by atoms with Gasteiger partial charge in [-0.05, 0) is 17.7 Å². The number of nitrogens with zero attached hydrogens (tertiary/aromatic N) is 1. The number of rotatable bonds is 1. The lowest BCUT2D eigenvalue weighted by Gasteiger charge is -2.17. The van der Waals surface area contributed by atoms with Gasteiger partial charge in [0.2, 0.25) is 5.91 Å². The molecule has 1 atom stereocenters. The van der Waals surface area contributed by atoms with Crippen LogP contribution >= 0.6 is 0 Å². The van der Waals surface area contributed by atoms with E-state index >= 15 is 0 Å². The minimum absolute atomic E-state index is 0.0276. The first-order valence-corrected chi connectivity index (χ1v) is 6.43. The van der Waals surface area contributed by atoms with E-state index < -0.39 is 0 Å². The van der Waals surface area contributed by atoms with E-state index in [1.54, 1.807) is 4.90 Å². The first kappa shape index (κ1) is 11.8. The second-order valence-corrected chi connectivity index (χ2v) is 4.78. The van der Waals surface area contributed by atoms with Crippen LogP contribution in [-0.2, 0) is 4.79 Å². The Bertz CT molecular complexity index is 595. The maximum Gasteiger partial charge on any atom is 0.229 e. The molecule has 1 heterocycles. The van der Waals surface area contributed by atoms with Crippen molar-refractivity contribution in [2.24, 2.45) is 0 Å². The molecule has 1 amide bonds. The van der Waals surface area contributed by atoms with E-state index in [4.69, 9.17) is 0 Å². The molecule has 0 aromatic heterocycles. The Morgan fingerprint density at radius 1 is 1.05 bits per heavy atom. The smallest absolute Gasteiger partial charge is 0.229 e. The normalized spacial score (nSPS) is 18.5. The van der Waals surface area contributed by atoms with Crippen LogP contribution in [0, 0.1) is 0 Å². The van der Waals surface area contributed by atoms with Crippen LogP contribution in [0.3, 0.4) is 0 Å². The molecule has 0 fully saturated rings. The monoisotopic (exact) mass is 252 g/mol. The van der Waals surface area contributed by atoms with Gasteiger partial charge in [0, 0.05) is 7.05 Å². The molecular formula is C16H16N2O. The quantitative estimate of drug-likeness (QED) is 0.845. The molecule has 1 aliphatic heterocycles. The molecule has 2 aromatic rings. The summed E-state index contributed by atoms with van der Waals surface area (Å²) in [5, 5.41) is 3.47. The lowest BCUT2D eigenvalue weighted by atomic mass is 10.0. The third kappa shape index (κ3) is 2.19. The fourth-order valence-electron chi connectivity index (χ4n) is 2.46. The Balaban J connectivity index is 2.02. The van der Waals surface area contributed by atoms with E-state index in [0.717, 1.165) is 16.9 Å². The zero-order chi connectivity index (χ0) is 13.2. The SMILES string of the molecule is CN1C(=O)CC(c2ccccc2)Nc2ccccc21. The number of carbonyl (C=O) groups is 1. The summed E-state index contributed by atoms with van der Waals surface area (Å²) in [5.41, 5.74) is 3.08. The van der Waals surface area contributed by atoms with Gasteiger partial charge in [-0.1, -0.05) is 42.5 Å². The average Bonchev–Trinajstić information content (AvgIpc) is 2.58. The van der Waals surface area contributed by atoms with Crippen LogP contribution in [0.15, 0.2) is 54.6 Å². The molecule has 0 aliphatic carbocycles. The lowest BCUT2D eigenvalue weighted by molar-refractivity contribution is -0.118. The van der Waals surface area contributed by atoms with Crippen LogP contribution in [0.4, 0.5) is 11.4 Å². The highest BCUT2D eigenvalue weighted by Gasteiger charge is 2.25. The van der Waals surface area contributed by atoms with Crippen molar-refractivity contribution >= 4 is 17.3 Å². The van der Waals surface area contributed by atoms with Gasteiger partial charge in [-0.2, -0.15) is 0 Å². The van der Waals surface area contributed by atoms with Crippen molar-refractivity contribution in [3.63, 3.8) is 0 Å². The number of para-hydroxylation sites is 2. The fourth-order valence-corrected chi connectivity index (χ4v) is 2.46. The Hall–Kier alpha value is -2.29. The molecule has 0 radical (unpaired) electrons. The molecule has 19 heavy (non-hydrogen) atoms. The van der Waals surface area contributed by atoms with E-state index in [-0.39, 0.29) is 11.9 Å². The van der Waals surface area contributed by atoms with Crippen LogP contribution in [0.1, 0.15) is 18.0 Å². The highest BCUT2D eigenvalue weighted by molar-refractivity contribution is 5.98. The maximum absolute atomic E-state index is 12.2. The number of carbonyl (C=O) groups excluding carboxylic acids is 1. The first-order valence-electron chi connectivity index (χ1n) is 6.43. The minimum atomic E-state index is 0.0276. The molecule has 0 spiro atoms. The second kappa shape index (κ2) is 4.76. The second-order valence-electron chi connectivity index (χ2n) is 4.78. The largest absolute Gasteiger partial charge is 0.376 e. The molecule has 3 heteroatoms. The van der Waals surface area contributed by atoms with Crippen molar-refractivity contribution in [3.8, 4) is 0 Å². The third-order valence-electron chi connectivity index (χ3n) is 3.55. The van der Waals surface area contributed by atoms with Gasteiger partial charge in [-0.3, -0.25) is 4.79 Å².